The number of benzene rings is 2. The van der Waals surface area contributed by atoms with Crippen LogP contribution in [-0.4, -0.2) is 6.04 Å². The van der Waals surface area contributed by atoms with Crippen LogP contribution in [0.5, 0.6) is 11.5 Å². The number of rotatable bonds is 5. The lowest BCUT2D eigenvalue weighted by Gasteiger charge is -2.14. The van der Waals surface area contributed by atoms with E-state index in [1.54, 1.807) is 0 Å². The van der Waals surface area contributed by atoms with Gasteiger partial charge >= 0.3 is 0 Å². The van der Waals surface area contributed by atoms with Gasteiger partial charge in [0, 0.05) is 11.1 Å². The van der Waals surface area contributed by atoms with E-state index in [-0.39, 0.29) is 6.04 Å². The highest BCUT2D eigenvalue weighted by atomic mass is 35.5. The molecule has 3 heteroatoms. The van der Waals surface area contributed by atoms with Crippen molar-refractivity contribution in [2.45, 2.75) is 39.2 Å². The van der Waals surface area contributed by atoms with Crippen LogP contribution in [0, 0.1) is 0 Å². The fourth-order valence-electron chi connectivity index (χ4n) is 2.19. The summed E-state index contributed by atoms with van der Waals surface area (Å²) in [5.41, 5.74) is 8.26. The molecular weight excluding hydrogens is 282 g/mol. The molecule has 0 amide bonds. The first kappa shape index (κ1) is 15.9. The molecule has 112 valence electrons. The Bertz CT molecular complexity index is 591. The smallest absolute Gasteiger partial charge is 0.132 e. The molecule has 0 saturated carbocycles. The van der Waals surface area contributed by atoms with Crippen molar-refractivity contribution in [2.75, 3.05) is 0 Å². The van der Waals surface area contributed by atoms with Crippen LogP contribution >= 0.6 is 11.6 Å². The van der Waals surface area contributed by atoms with E-state index in [1.165, 1.54) is 5.56 Å². The molecule has 2 aromatic carbocycles. The molecule has 1 atom stereocenters. The van der Waals surface area contributed by atoms with E-state index in [2.05, 4.69) is 26.0 Å². The average molecular weight is 304 g/mol. The van der Waals surface area contributed by atoms with Crippen molar-refractivity contribution in [1.29, 1.82) is 0 Å². The van der Waals surface area contributed by atoms with Crippen LogP contribution in [0.15, 0.2) is 42.5 Å². The van der Waals surface area contributed by atoms with Gasteiger partial charge in [-0.05, 0) is 54.7 Å². The minimum Gasteiger partial charge on any atom is -0.457 e. The third-order valence-corrected chi connectivity index (χ3v) is 3.58. The van der Waals surface area contributed by atoms with E-state index >= 15 is 0 Å². The number of hydrogen-bond donors (Lipinski definition) is 1. The van der Waals surface area contributed by atoms with Gasteiger partial charge in [-0.1, -0.05) is 43.6 Å². The van der Waals surface area contributed by atoms with Crippen molar-refractivity contribution in [1.82, 2.24) is 0 Å². The Labute approximate surface area is 131 Å². The summed E-state index contributed by atoms with van der Waals surface area (Å²) in [4.78, 5) is 0. The summed E-state index contributed by atoms with van der Waals surface area (Å²) in [7, 11) is 0. The van der Waals surface area contributed by atoms with Crippen LogP contribution in [0.1, 0.15) is 37.8 Å². The molecule has 0 heterocycles. The minimum atomic E-state index is 0.0804. The zero-order valence-electron chi connectivity index (χ0n) is 12.8. The van der Waals surface area contributed by atoms with Gasteiger partial charge in [0.2, 0.25) is 0 Å². The Kier molecular flexibility index (Phi) is 5.27. The molecule has 21 heavy (non-hydrogen) atoms. The Morgan fingerprint density at radius 3 is 2.29 bits per heavy atom. The van der Waals surface area contributed by atoms with Crippen molar-refractivity contribution in [2.24, 2.45) is 5.73 Å². The first-order chi connectivity index (χ1) is 9.95. The molecule has 0 aromatic heterocycles. The van der Waals surface area contributed by atoms with E-state index in [0.29, 0.717) is 10.9 Å². The number of nitrogens with two attached hydrogens (primary N) is 1. The maximum Gasteiger partial charge on any atom is 0.132 e. The largest absolute Gasteiger partial charge is 0.457 e. The summed E-state index contributed by atoms with van der Waals surface area (Å²) < 4.78 is 5.99. The SMILES string of the molecule is CC(N)Cc1ccc(Cl)cc1Oc1ccc(C(C)C)cc1. The highest BCUT2D eigenvalue weighted by Gasteiger charge is 2.09. The first-order valence-corrected chi connectivity index (χ1v) is 7.65. The third-order valence-electron chi connectivity index (χ3n) is 3.35. The highest BCUT2D eigenvalue weighted by molar-refractivity contribution is 6.30. The predicted molar refractivity (Wildman–Crippen MR) is 89.4 cm³/mol. The monoisotopic (exact) mass is 303 g/mol. The molecule has 0 aliphatic carbocycles. The summed E-state index contributed by atoms with van der Waals surface area (Å²) in [6, 6.07) is 13.9. The second-order valence-corrected chi connectivity index (χ2v) is 6.20. The second-order valence-electron chi connectivity index (χ2n) is 5.76. The van der Waals surface area contributed by atoms with Gasteiger partial charge in [0.15, 0.2) is 0 Å². The molecular formula is C18H22ClNO. The molecule has 2 rings (SSSR count). The minimum absolute atomic E-state index is 0.0804. The van der Waals surface area contributed by atoms with E-state index in [9.17, 15) is 0 Å². The number of halogens is 1. The van der Waals surface area contributed by atoms with Gasteiger partial charge in [-0.25, -0.2) is 0 Å². The Balaban J connectivity index is 2.23. The van der Waals surface area contributed by atoms with Crippen LogP contribution in [-0.2, 0) is 6.42 Å². The summed E-state index contributed by atoms with van der Waals surface area (Å²) in [5.74, 6) is 2.10. The van der Waals surface area contributed by atoms with Crippen molar-refractivity contribution in [3.8, 4) is 11.5 Å². The van der Waals surface area contributed by atoms with Crippen molar-refractivity contribution in [3.05, 3.63) is 58.6 Å². The van der Waals surface area contributed by atoms with Gasteiger partial charge in [0.05, 0.1) is 0 Å². The maximum atomic E-state index is 6.08. The first-order valence-electron chi connectivity index (χ1n) is 7.27. The zero-order valence-corrected chi connectivity index (χ0v) is 13.5. The summed E-state index contributed by atoms with van der Waals surface area (Å²) in [5, 5.41) is 0.664. The number of ether oxygens (including phenoxy) is 1. The molecule has 0 spiro atoms. The molecule has 2 N–H and O–H groups in total. The third kappa shape index (κ3) is 4.48. The van der Waals surface area contributed by atoms with Gasteiger partial charge < -0.3 is 10.5 Å². The average Bonchev–Trinajstić information content (AvgIpc) is 2.42. The fourth-order valence-corrected chi connectivity index (χ4v) is 2.35. The van der Waals surface area contributed by atoms with Crippen LogP contribution in [0.3, 0.4) is 0 Å². The standard InChI is InChI=1S/C18H22ClNO/c1-12(2)14-5-8-17(9-6-14)21-18-11-16(19)7-4-15(18)10-13(3)20/h4-9,11-13H,10,20H2,1-3H3. The van der Waals surface area contributed by atoms with E-state index < -0.39 is 0 Å². The van der Waals surface area contributed by atoms with Crippen LogP contribution in [0.2, 0.25) is 5.02 Å². The van der Waals surface area contributed by atoms with Crippen LogP contribution in [0.25, 0.3) is 0 Å². The van der Waals surface area contributed by atoms with E-state index in [1.807, 2.05) is 37.3 Å². The molecule has 0 fully saturated rings. The molecule has 1 unspecified atom stereocenters. The zero-order chi connectivity index (χ0) is 15.4. The van der Waals surface area contributed by atoms with Gasteiger partial charge in [0.1, 0.15) is 11.5 Å². The van der Waals surface area contributed by atoms with Gasteiger partial charge in [-0.3, -0.25) is 0 Å². The summed E-state index contributed by atoms with van der Waals surface area (Å²) >= 11 is 6.08. The lowest BCUT2D eigenvalue weighted by Crippen LogP contribution is -2.18. The van der Waals surface area contributed by atoms with E-state index in [0.717, 1.165) is 23.5 Å². The number of hydrogen-bond acceptors (Lipinski definition) is 2. The lowest BCUT2D eigenvalue weighted by atomic mass is 10.0. The molecule has 2 nitrogen and oxygen atoms in total. The molecule has 0 bridgehead atoms. The predicted octanol–water partition coefficient (Wildman–Crippen LogP) is 5.15. The van der Waals surface area contributed by atoms with Crippen molar-refractivity contribution in [3.63, 3.8) is 0 Å². The van der Waals surface area contributed by atoms with E-state index in [4.69, 9.17) is 22.1 Å². The Morgan fingerprint density at radius 2 is 1.71 bits per heavy atom. The van der Waals surface area contributed by atoms with Gasteiger partial charge in [0.25, 0.3) is 0 Å². The van der Waals surface area contributed by atoms with Gasteiger partial charge in [-0.15, -0.1) is 0 Å². The van der Waals surface area contributed by atoms with Crippen molar-refractivity contribution < 1.29 is 4.74 Å². The molecule has 0 aliphatic heterocycles. The van der Waals surface area contributed by atoms with Crippen LogP contribution in [0.4, 0.5) is 0 Å². The van der Waals surface area contributed by atoms with Crippen LogP contribution < -0.4 is 10.5 Å². The topological polar surface area (TPSA) is 35.2 Å². The molecule has 0 radical (unpaired) electrons. The van der Waals surface area contributed by atoms with Crippen molar-refractivity contribution >= 4 is 11.6 Å². The lowest BCUT2D eigenvalue weighted by molar-refractivity contribution is 0.473. The summed E-state index contributed by atoms with van der Waals surface area (Å²) in [6.45, 7) is 6.33. The Hall–Kier alpha value is -1.51. The quantitative estimate of drug-likeness (QED) is 0.829. The van der Waals surface area contributed by atoms with Gasteiger partial charge in [-0.2, -0.15) is 0 Å². The second kappa shape index (κ2) is 6.97. The summed E-state index contributed by atoms with van der Waals surface area (Å²) in [6.07, 6.45) is 0.760. The molecule has 0 aliphatic rings. The molecule has 2 aromatic rings. The maximum absolute atomic E-state index is 6.08. The Morgan fingerprint density at radius 1 is 1.05 bits per heavy atom. The highest BCUT2D eigenvalue weighted by Crippen LogP contribution is 2.30. The fraction of sp³-hybridized carbons (Fsp3) is 0.333. The molecule has 0 saturated heterocycles. The normalized spacial score (nSPS) is 12.5.